The van der Waals surface area contributed by atoms with Gasteiger partial charge in [0.25, 0.3) is 0 Å². The minimum absolute atomic E-state index is 0.184. The number of carbonyl (C=O) groups is 2. The van der Waals surface area contributed by atoms with Crippen LogP contribution in [0.3, 0.4) is 0 Å². The van der Waals surface area contributed by atoms with Gasteiger partial charge in [-0.15, -0.1) is 0 Å². The van der Waals surface area contributed by atoms with Gasteiger partial charge in [0.1, 0.15) is 0 Å². The van der Waals surface area contributed by atoms with Crippen molar-refractivity contribution in [1.29, 1.82) is 0 Å². The van der Waals surface area contributed by atoms with E-state index in [9.17, 15) is 9.59 Å². The van der Waals surface area contributed by atoms with Crippen LogP contribution in [-0.2, 0) is 22.4 Å². The molecule has 6 heteroatoms. The molecule has 1 aliphatic carbocycles. The van der Waals surface area contributed by atoms with Gasteiger partial charge in [0.05, 0.1) is 28.8 Å². The Kier molecular flexibility index (Phi) is 3.13. The number of nitrogens with one attached hydrogen (secondary N) is 2. The van der Waals surface area contributed by atoms with Crippen molar-refractivity contribution in [3.63, 3.8) is 0 Å². The van der Waals surface area contributed by atoms with Crippen molar-refractivity contribution in [1.82, 2.24) is 20.5 Å². The molecule has 5 rings (SSSR count). The molecular formula is C19H18N4O2. The maximum Gasteiger partial charge on any atom is 0.235 e. The molecule has 3 heterocycles. The summed E-state index contributed by atoms with van der Waals surface area (Å²) in [5.74, 6) is -0.717. The second kappa shape index (κ2) is 5.37. The van der Waals surface area contributed by atoms with Gasteiger partial charge in [-0.3, -0.25) is 25.0 Å². The summed E-state index contributed by atoms with van der Waals surface area (Å²) < 4.78 is 0. The lowest BCUT2D eigenvalue weighted by atomic mass is 9.82. The number of H-pyrrole nitrogens is 1. The molecule has 2 aromatic heterocycles. The summed E-state index contributed by atoms with van der Waals surface area (Å²) in [7, 11) is 0. The Morgan fingerprint density at radius 1 is 1.04 bits per heavy atom. The van der Waals surface area contributed by atoms with Crippen LogP contribution in [0, 0.1) is 0 Å². The summed E-state index contributed by atoms with van der Waals surface area (Å²) in [5, 5.41) is 11.9. The molecule has 0 bridgehead atoms. The van der Waals surface area contributed by atoms with E-state index in [4.69, 9.17) is 4.98 Å². The highest BCUT2D eigenvalue weighted by Gasteiger charge is 2.33. The SMILES string of the molecule is O=C1CCC(c2nc3ccc4[nH]ncc4c3c3c2CCCC3)C(=O)N1. The topological polar surface area (TPSA) is 87.7 Å². The molecule has 6 nitrogen and oxygen atoms in total. The first-order chi connectivity index (χ1) is 12.2. The number of fused-ring (bicyclic) bond motifs is 5. The third kappa shape index (κ3) is 2.17. The van der Waals surface area contributed by atoms with Gasteiger partial charge in [0.2, 0.25) is 11.8 Å². The Balaban J connectivity index is 1.78. The number of hydrogen-bond acceptors (Lipinski definition) is 4. The van der Waals surface area contributed by atoms with E-state index in [0.29, 0.717) is 12.8 Å². The maximum absolute atomic E-state index is 12.4. The fourth-order valence-corrected chi connectivity index (χ4v) is 4.32. The highest BCUT2D eigenvalue weighted by molar-refractivity contribution is 6.07. The average molecular weight is 334 g/mol. The van der Waals surface area contributed by atoms with E-state index < -0.39 is 0 Å². The van der Waals surface area contributed by atoms with Crippen molar-refractivity contribution in [2.45, 2.75) is 44.4 Å². The summed E-state index contributed by atoms with van der Waals surface area (Å²) in [6.07, 6.45) is 6.99. The zero-order valence-corrected chi connectivity index (χ0v) is 13.8. The summed E-state index contributed by atoms with van der Waals surface area (Å²) in [4.78, 5) is 28.8. The first-order valence-electron chi connectivity index (χ1n) is 8.83. The van der Waals surface area contributed by atoms with E-state index in [2.05, 4.69) is 15.5 Å². The predicted octanol–water partition coefficient (Wildman–Crippen LogP) is 2.51. The molecule has 2 aliphatic rings. The number of aromatic amines is 1. The lowest BCUT2D eigenvalue weighted by Crippen LogP contribution is -2.40. The molecule has 1 aromatic carbocycles. The van der Waals surface area contributed by atoms with E-state index in [1.807, 2.05) is 18.3 Å². The van der Waals surface area contributed by atoms with Crippen molar-refractivity contribution in [2.75, 3.05) is 0 Å². The van der Waals surface area contributed by atoms with Crippen LogP contribution in [-0.4, -0.2) is 27.0 Å². The van der Waals surface area contributed by atoms with Gasteiger partial charge >= 0.3 is 0 Å². The van der Waals surface area contributed by atoms with Gasteiger partial charge in [-0.1, -0.05) is 0 Å². The lowest BCUT2D eigenvalue weighted by molar-refractivity contribution is -0.134. The number of pyridine rings is 1. The molecule has 1 aliphatic heterocycles. The number of hydrogen-bond donors (Lipinski definition) is 2. The van der Waals surface area contributed by atoms with Crippen LogP contribution < -0.4 is 5.32 Å². The van der Waals surface area contributed by atoms with Crippen LogP contribution in [0.4, 0.5) is 0 Å². The van der Waals surface area contributed by atoms with Gasteiger partial charge in [-0.2, -0.15) is 5.10 Å². The Hall–Kier alpha value is -2.76. The minimum atomic E-state index is -0.325. The Morgan fingerprint density at radius 3 is 2.72 bits per heavy atom. The molecular weight excluding hydrogens is 316 g/mol. The Labute approximate surface area is 144 Å². The summed E-state index contributed by atoms with van der Waals surface area (Å²) in [5.41, 5.74) is 5.31. The first-order valence-corrected chi connectivity index (χ1v) is 8.83. The number of aromatic nitrogens is 3. The first kappa shape index (κ1) is 14.6. The van der Waals surface area contributed by atoms with Crippen molar-refractivity contribution in [2.24, 2.45) is 0 Å². The smallest absolute Gasteiger partial charge is 0.235 e. The van der Waals surface area contributed by atoms with Gasteiger partial charge < -0.3 is 0 Å². The fraction of sp³-hybridized carbons (Fsp3) is 0.368. The summed E-state index contributed by atoms with van der Waals surface area (Å²) >= 11 is 0. The number of benzene rings is 1. The highest BCUT2D eigenvalue weighted by Crippen LogP contribution is 2.38. The molecule has 1 atom stereocenters. The number of imide groups is 1. The van der Waals surface area contributed by atoms with Crippen molar-refractivity contribution in [3.05, 3.63) is 35.2 Å². The van der Waals surface area contributed by atoms with Crippen LogP contribution >= 0.6 is 0 Å². The average Bonchev–Trinajstić information content (AvgIpc) is 3.10. The van der Waals surface area contributed by atoms with Gasteiger partial charge in [-0.05, 0) is 55.4 Å². The zero-order valence-electron chi connectivity index (χ0n) is 13.8. The standard InChI is InChI=1S/C19H18N4O2/c24-16-8-5-12(19(25)22-16)18-11-4-2-1-3-10(11)17-13-9-20-23-14(13)6-7-15(17)21-18/h6-7,9,12H,1-5,8H2,(H,20,23)(H,22,24,25). The van der Waals surface area contributed by atoms with Crippen LogP contribution in [0.5, 0.6) is 0 Å². The maximum atomic E-state index is 12.4. The molecule has 0 saturated carbocycles. The Morgan fingerprint density at radius 2 is 1.88 bits per heavy atom. The van der Waals surface area contributed by atoms with E-state index in [-0.39, 0.29) is 17.7 Å². The zero-order chi connectivity index (χ0) is 17.0. The number of amides is 2. The molecule has 126 valence electrons. The molecule has 2 amide bonds. The molecule has 0 radical (unpaired) electrons. The number of rotatable bonds is 1. The van der Waals surface area contributed by atoms with Crippen molar-refractivity contribution >= 4 is 33.6 Å². The van der Waals surface area contributed by atoms with E-state index in [0.717, 1.165) is 53.2 Å². The quantitative estimate of drug-likeness (QED) is 0.669. The third-order valence-corrected chi connectivity index (χ3v) is 5.49. The molecule has 25 heavy (non-hydrogen) atoms. The fourth-order valence-electron chi connectivity index (χ4n) is 4.32. The lowest BCUT2D eigenvalue weighted by Gasteiger charge is -2.27. The van der Waals surface area contributed by atoms with Gasteiger partial charge in [0.15, 0.2) is 0 Å². The second-order valence-electron chi connectivity index (χ2n) is 6.96. The van der Waals surface area contributed by atoms with E-state index in [1.165, 1.54) is 11.1 Å². The van der Waals surface area contributed by atoms with E-state index in [1.54, 1.807) is 0 Å². The molecule has 1 saturated heterocycles. The van der Waals surface area contributed by atoms with Gasteiger partial charge in [-0.25, -0.2) is 0 Å². The largest absolute Gasteiger partial charge is 0.296 e. The van der Waals surface area contributed by atoms with Crippen molar-refractivity contribution in [3.8, 4) is 0 Å². The predicted molar refractivity (Wildman–Crippen MR) is 93.2 cm³/mol. The number of nitrogens with zero attached hydrogens (tertiary/aromatic N) is 2. The van der Waals surface area contributed by atoms with E-state index >= 15 is 0 Å². The summed E-state index contributed by atoms with van der Waals surface area (Å²) in [6, 6.07) is 3.99. The van der Waals surface area contributed by atoms with Crippen LogP contribution in [0.2, 0.25) is 0 Å². The molecule has 2 N–H and O–H groups in total. The van der Waals surface area contributed by atoms with Crippen molar-refractivity contribution < 1.29 is 9.59 Å². The number of piperidine rings is 1. The molecule has 1 unspecified atom stereocenters. The second-order valence-corrected chi connectivity index (χ2v) is 6.96. The minimum Gasteiger partial charge on any atom is -0.296 e. The normalized spacial score (nSPS) is 20.7. The Bertz CT molecular complexity index is 1040. The molecule has 0 spiro atoms. The van der Waals surface area contributed by atoms with Crippen LogP contribution in [0.25, 0.3) is 21.8 Å². The van der Waals surface area contributed by atoms with Gasteiger partial charge in [0, 0.05) is 17.2 Å². The molecule has 1 fully saturated rings. The third-order valence-electron chi connectivity index (χ3n) is 5.49. The highest BCUT2D eigenvalue weighted by atomic mass is 16.2. The summed E-state index contributed by atoms with van der Waals surface area (Å²) in [6.45, 7) is 0. The number of carbonyl (C=O) groups excluding carboxylic acids is 2. The van der Waals surface area contributed by atoms with Crippen LogP contribution in [0.1, 0.15) is 48.4 Å². The number of aryl methyl sites for hydroxylation is 1. The molecule has 3 aromatic rings. The monoisotopic (exact) mass is 334 g/mol. The van der Waals surface area contributed by atoms with Crippen LogP contribution in [0.15, 0.2) is 18.3 Å².